The fourth-order valence-corrected chi connectivity index (χ4v) is 3.90. The van der Waals surface area contributed by atoms with Crippen molar-refractivity contribution in [3.8, 4) is 11.5 Å². The summed E-state index contributed by atoms with van der Waals surface area (Å²) >= 11 is 18.2. The normalized spacial score (nSPS) is 15.1. The molecule has 0 radical (unpaired) electrons. The molecular weight excluding hydrogens is 449 g/mol. The van der Waals surface area contributed by atoms with Gasteiger partial charge in [-0.05, 0) is 17.7 Å². The van der Waals surface area contributed by atoms with Crippen molar-refractivity contribution in [2.24, 2.45) is 0 Å². The number of benzene rings is 2. The van der Waals surface area contributed by atoms with Crippen molar-refractivity contribution in [1.29, 1.82) is 0 Å². The van der Waals surface area contributed by atoms with E-state index in [9.17, 15) is 4.79 Å². The van der Waals surface area contributed by atoms with Gasteiger partial charge in [-0.2, -0.15) is 0 Å². The molecule has 6 nitrogen and oxygen atoms in total. The second-order valence-corrected chi connectivity index (χ2v) is 8.26. The van der Waals surface area contributed by atoms with Crippen LogP contribution in [0.25, 0.3) is 0 Å². The maximum atomic E-state index is 12.6. The monoisotopic (exact) mass is 471 g/mol. The maximum absolute atomic E-state index is 12.6. The van der Waals surface area contributed by atoms with Gasteiger partial charge in [-0.25, -0.2) is 0 Å². The zero-order valence-corrected chi connectivity index (χ0v) is 19.2. The van der Waals surface area contributed by atoms with Crippen molar-refractivity contribution >= 4 is 46.4 Å². The van der Waals surface area contributed by atoms with Crippen LogP contribution in [-0.2, 0) is 11.3 Å². The number of ether oxygens (including phenoxy) is 2. The van der Waals surface area contributed by atoms with Crippen molar-refractivity contribution in [2.45, 2.75) is 6.54 Å². The number of halogens is 3. The molecule has 0 atom stereocenters. The zero-order chi connectivity index (χ0) is 21.7. The van der Waals surface area contributed by atoms with Crippen LogP contribution in [0, 0.1) is 0 Å². The molecule has 0 saturated carbocycles. The maximum Gasteiger partial charge on any atom is 0.238 e. The van der Waals surface area contributed by atoms with Crippen molar-refractivity contribution in [3.63, 3.8) is 0 Å². The summed E-state index contributed by atoms with van der Waals surface area (Å²) in [6.45, 7) is 4.44. The molecule has 9 heteroatoms. The summed E-state index contributed by atoms with van der Waals surface area (Å²) in [5.74, 6) is 0.847. The van der Waals surface area contributed by atoms with Gasteiger partial charge in [0.1, 0.15) is 11.5 Å². The first-order chi connectivity index (χ1) is 14.4. The van der Waals surface area contributed by atoms with E-state index >= 15 is 0 Å². The summed E-state index contributed by atoms with van der Waals surface area (Å²) in [6, 6.07) is 8.99. The SMILES string of the molecule is COc1cc(NC(=O)CN2CCN(Cc3ccc(Cl)c(Cl)c3)CC2)c(OC)cc1Cl. The largest absolute Gasteiger partial charge is 0.495 e. The second kappa shape index (κ2) is 10.6. The smallest absolute Gasteiger partial charge is 0.238 e. The Kier molecular flexibility index (Phi) is 8.08. The molecule has 0 aliphatic carbocycles. The summed E-state index contributed by atoms with van der Waals surface area (Å²) in [6.07, 6.45) is 0. The molecule has 2 aromatic rings. The fraction of sp³-hybridized carbons (Fsp3) is 0.381. The zero-order valence-electron chi connectivity index (χ0n) is 16.9. The van der Waals surface area contributed by atoms with Gasteiger partial charge in [0, 0.05) is 44.9 Å². The predicted octanol–water partition coefficient (Wildman–Crippen LogP) is 4.42. The van der Waals surface area contributed by atoms with Gasteiger partial charge < -0.3 is 14.8 Å². The first-order valence-electron chi connectivity index (χ1n) is 9.49. The lowest BCUT2D eigenvalue weighted by atomic mass is 10.2. The predicted molar refractivity (Wildman–Crippen MR) is 121 cm³/mol. The van der Waals surface area contributed by atoms with Gasteiger partial charge in [0.05, 0.1) is 41.5 Å². The molecule has 0 bridgehead atoms. The summed E-state index contributed by atoms with van der Waals surface area (Å²) < 4.78 is 10.5. The average molecular weight is 473 g/mol. The van der Waals surface area contributed by atoms with E-state index in [1.165, 1.54) is 14.2 Å². The number of nitrogens with one attached hydrogen (secondary N) is 1. The van der Waals surface area contributed by atoms with Crippen molar-refractivity contribution in [1.82, 2.24) is 9.80 Å². The van der Waals surface area contributed by atoms with E-state index in [0.717, 1.165) is 38.3 Å². The van der Waals surface area contributed by atoms with E-state index < -0.39 is 0 Å². The Hall–Kier alpha value is -1.70. The average Bonchev–Trinajstić information content (AvgIpc) is 2.73. The minimum Gasteiger partial charge on any atom is -0.495 e. The molecule has 1 aliphatic rings. The number of methoxy groups -OCH3 is 2. The number of amides is 1. The van der Waals surface area contributed by atoms with Crippen LogP contribution < -0.4 is 14.8 Å². The minimum absolute atomic E-state index is 0.115. The Morgan fingerprint density at radius 1 is 0.900 bits per heavy atom. The van der Waals surface area contributed by atoms with Crippen LogP contribution in [0.5, 0.6) is 11.5 Å². The van der Waals surface area contributed by atoms with E-state index in [2.05, 4.69) is 15.1 Å². The Bertz CT molecular complexity index is 903. The van der Waals surface area contributed by atoms with Gasteiger partial charge in [0.2, 0.25) is 5.91 Å². The molecule has 3 rings (SSSR count). The van der Waals surface area contributed by atoms with Crippen molar-refractivity contribution in [2.75, 3.05) is 52.3 Å². The van der Waals surface area contributed by atoms with Gasteiger partial charge in [-0.1, -0.05) is 40.9 Å². The molecule has 1 N–H and O–H groups in total. The van der Waals surface area contributed by atoms with Gasteiger partial charge in [-0.3, -0.25) is 14.6 Å². The highest BCUT2D eigenvalue weighted by molar-refractivity contribution is 6.42. The quantitative estimate of drug-likeness (QED) is 0.646. The molecule has 30 heavy (non-hydrogen) atoms. The van der Waals surface area contributed by atoms with Gasteiger partial charge in [-0.15, -0.1) is 0 Å². The second-order valence-electron chi connectivity index (χ2n) is 7.04. The third kappa shape index (κ3) is 5.93. The Balaban J connectivity index is 1.51. The highest BCUT2D eigenvalue weighted by Crippen LogP contribution is 2.35. The van der Waals surface area contributed by atoms with Crippen LogP contribution >= 0.6 is 34.8 Å². The summed E-state index contributed by atoms with van der Waals surface area (Å²) in [5.41, 5.74) is 1.65. The van der Waals surface area contributed by atoms with E-state index in [4.69, 9.17) is 44.3 Å². The number of nitrogens with zero attached hydrogens (tertiary/aromatic N) is 2. The number of rotatable bonds is 7. The van der Waals surface area contributed by atoms with Gasteiger partial charge in [0.25, 0.3) is 0 Å². The Morgan fingerprint density at radius 2 is 1.57 bits per heavy atom. The number of anilines is 1. The molecule has 1 amide bonds. The van der Waals surface area contributed by atoms with Crippen LogP contribution in [-0.4, -0.2) is 62.7 Å². The third-order valence-corrected chi connectivity index (χ3v) is 6.00. The molecule has 0 spiro atoms. The lowest BCUT2D eigenvalue weighted by Crippen LogP contribution is -2.48. The molecule has 1 saturated heterocycles. The molecule has 1 heterocycles. The first-order valence-corrected chi connectivity index (χ1v) is 10.6. The number of carbonyl (C=O) groups excluding carboxylic acids is 1. The van der Waals surface area contributed by atoms with Crippen LogP contribution in [0.1, 0.15) is 5.56 Å². The van der Waals surface area contributed by atoms with Gasteiger partial charge >= 0.3 is 0 Å². The van der Waals surface area contributed by atoms with E-state index in [0.29, 0.717) is 38.8 Å². The molecule has 0 unspecified atom stereocenters. The topological polar surface area (TPSA) is 54.0 Å². The molecule has 0 aromatic heterocycles. The Morgan fingerprint density at radius 3 is 2.20 bits per heavy atom. The van der Waals surface area contributed by atoms with Crippen molar-refractivity contribution in [3.05, 3.63) is 51.0 Å². The van der Waals surface area contributed by atoms with Crippen LogP contribution in [0.3, 0.4) is 0 Å². The van der Waals surface area contributed by atoms with E-state index in [1.54, 1.807) is 12.1 Å². The standard InChI is InChI=1S/C21H24Cl3N3O3/c1-29-19-11-18(20(30-2)10-17(19)24)25-21(28)13-27-7-5-26(6-8-27)12-14-3-4-15(22)16(23)9-14/h3-4,9-11H,5-8,12-13H2,1-2H3,(H,25,28). The van der Waals surface area contributed by atoms with Crippen LogP contribution in [0.2, 0.25) is 15.1 Å². The van der Waals surface area contributed by atoms with E-state index in [-0.39, 0.29) is 5.91 Å². The highest BCUT2D eigenvalue weighted by atomic mass is 35.5. The van der Waals surface area contributed by atoms with Crippen LogP contribution in [0.4, 0.5) is 5.69 Å². The molecular formula is C21H24Cl3N3O3. The molecule has 1 aliphatic heterocycles. The number of hydrogen-bond donors (Lipinski definition) is 1. The lowest BCUT2D eigenvalue weighted by molar-refractivity contribution is -0.117. The molecule has 1 fully saturated rings. The number of carbonyl (C=O) groups is 1. The summed E-state index contributed by atoms with van der Waals surface area (Å²) in [7, 11) is 3.05. The third-order valence-electron chi connectivity index (χ3n) is 4.97. The highest BCUT2D eigenvalue weighted by Gasteiger charge is 2.20. The summed E-state index contributed by atoms with van der Waals surface area (Å²) in [5, 5.41) is 4.44. The number of piperazine rings is 1. The van der Waals surface area contributed by atoms with Gasteiger partial charge in [0.15, 0.2) is 0 Å². The summed E-state index contributed by atoms with van der Waals surface area (Å²) in [4.78, 5) is 17.0. The minimum atomic E-state index is -0.115. The Labute approximate surface area is 191 Å². The van der Waals surface area contributed by atoms with Crippen LogP contribution in [0.15, 0.2) is 30.3 Å². The van der Waals surface area contributed by atoms with E-state index in [1.807, 2.05) is 18.2 Å². The first kappa shape index (κ1) is 23.0. The van der Waals surface area contributed by atoms with Crippen molar-refractivity contribution < 1.29 is 14.3 Å². The molecule has 162 valence electrons. The fourth-order valence-electron chi connectivity index (χ4n) is 3.35. The number of hydrogen-bond acceptors (Lipinski definition) is 5. The molecule has 2 aromatic carbocycles. The lowest BCUT2D eigenvalue weighted by Gasteiger charge is -2.34.